The van der Waals surface area contributed by atoms with Crippen molar-refractivity contribution in [3.05, 3.63) is 53.7 Å². The first-order valence-corrected chi connectivity index (χ1v) is 9.91. The molecule has 1 saturated heterocycles. The number of carbonyl (C=O) groups is 2. The molecule has 0 bridgehead atoms. The van der Waals surface area contributed by atoms with Gasteiger partial charge in [-0.05, 0) is 37.1 Å². The Morgan fingerprint density at radius 2 is 1.90 bits per heavy atom. The maximum atomic E-state index is 12.8. The number of amides is 2. The van der Waals surface area contributed by atoms with Gasteiger partial charge in [0.1, 0.15) is 11.9 Å². The lowest BCUT2D eigenvalue weighted by Crippen LogP contribution is -2.47. The first-order valence-electron chi connectivity index (χ1n) is 9.91. The van der Waals surface area contributed by atoms with Gasteiger partial charge in [0.25, 0.3) is 5.91 Å². The van der Waals surface area contributed by atoms with Crippen LogP contribution < -0.4 is 15.5 Å². The van der Waals surface area contributed by atoms with Gasteiger partial charge in [-0.3, -0.25) is 9.59 Å². The number of rotatable bonds is 6. The minimum absolute atomic E-state index is 0.0654. The normalized spacial score (nSPS) is 15.1. The van der Waals surface area contributed by atoms with Crippen LogP contribution in [0.2, 0.25) is 0 Å². The summed E-state index contributed by atoms with van der Waals surface area (Å²) in [5.74, 6) is 0.272. The minimum Gasteiger partial charge on any atom is -0.378 e. The molecule has 1 fully saturated rings. The van der Waals surface area contributed by atoms with Crippen LogP contribution in [0.5, 0.6) is 0 Å². The van der Waals surface area contributed by atoms with Crippen LogP contribution in [0.25, 0.3) is 0 Å². The molecule has 2 heterocycles. The van der Waals surface area contributed by atoms with Gasteiger partial charge in [0, 0.05) is 18.7 Å². The van der Waals surface area contributed by atoms with Crippen LogP contribution >= 0.6 is 0 Å². The first-order chi connectivity index (χ1) is 13.9. The fourth-order valence-electron chi connectivity index (χ4n) is 3.21. The molecule has 0 radical (unpaired) electrons. The number of pyridine rings is 1. The van der Waals surface area contributed by atoms with E-state index < -0.39 is 6.04 Å². The average Bonchev–Trinajstić information content (AvgIpc) is 2.72. The van der Waals surface area contributed by atoms with Crippen molar-refractivity contribution in [1.29, 1.82) is 0 Å². The molecule has 2 amide bonds. The second-order valence-corrected chi connectivity index (χ2v) is 7.56. The third-order valence-corrected chi connectivity index (χ3v) is 4.87. The molecule has 2 aromatic rings. The maximum Gasteiger partial charge on any atom is 0.251 e. The zero-order valence-electron chi connectivity index (χ0n) is 17.1. The smallest absolute Gasteiger partial charge is 0.251 e. The molecule has 0 spiro atoms. The van der Waals surface area contributed by atoms with E-state index in [0.29, 0.717) is 24.5 Å². The van der Waals surface area contributed by atoms with E-state index >= 15 is 0 Å². The van der Waals surface area contributed by atoms with Crippen molar-refractivity contribution in [1.82, 2.24) is 10.3 Å². The summed E-state index contributed by atoms with van der Waals surface area (Å²) in [7, 11) is 0. The van der Waals surface area contributed by atoms with Gasteiger partial charge in [0.05, 0.1) is 25.1 Å². The van der Waals surface area contributed by atoms with Gasteiger partial charge in [-0.25, -0.2) is 4.98 Å². The number of hydrogen-bond donors (Lipinski definition) is 2. The standard InChI is InChI=1S/C22H28N4O3/c1-15(2)20(25-21(27)17-6-4-5-16(3)13-17)22(28)24-18-7-8-19(23-14-18)26-9-11-29-12-10-26/h4-8,13-15,20H,9-12H2,1-3H3,(H,24,28)(H,25,27)/t20-/m0/s1. The number of benzene rings is 1. The molecule has 0 aliphatic carbocycles. The molecule has 2 N–H and O–H groups in total. The lowest BCUT2D eigenvalue weighted by atomic mass is 10.0. The molecule has 3 rings (SSSR count). The third-order valence-electron chi connectivity index (χ3n) is 4.87. The fourth-order valence-corrected chi connectivity index (χ4v) is 3.21. The Hall–Kier alpha value is -2.93. The summed E-state index contributed by atoms with van der Waals surface area (Å²) in [5.41, 5.74) is 2.14. The molecule has 7 heteroatoms. The second kappa shape index (κ2) is 9.52. The topological polar surface area (TPSA) is 83.6 Å². The predicted octanol–water partition coefficient (Wildman–Crippen LogP) is 2.62. The van der Waals surface area contributed by atoms with Gasteiger partial charge in [-0.2, -0.15) is 0 Å². The highest BCUT2D eigenvalue weighted by Crippen LogP contribution is 2.16. The molecule has 0 saturated carbocycles. The molecule has 1 aromatic carbocycles. The summed E-state index contributed by atoms with van der Waals surface area (Å²) in [6.07, 6.45) is 1.64. The molecule has 1 atom stereocenters. The number of aryl methyl sites for hydroxylation is 1. The van der Waals surface area contributed by atoms with Crippen LogP contribution in [-0.2, 0) is 9.53 Å². The van der Waals surface area contributed by atoms with E-state index in [4.69, 9.17) is 4.74 Å². The number of aromatic nitrogens is 1. The highest BCUT2D eigenvalue weighted by atomic mass is 16.5. The largest absolute Gasteiger partial charge is 0.378 e. The van der Waals surface area contributed by atoms with Gasteiger partial charge < -0.3 is 20.3 Å². The minimum atomic E-state index is -0.651. The fraction of sp³-hybridized carbons (Fsp3) is 0.409. The van der Waals surface area contributed by atoms with Crippen LogP contribution in [0.3, 0.4) is 0 Å². The molecule has 1 aliphatic rings. The number of hydrogen-bond acceptors (Lipinski definition) is 5. The van der Waals surface area contributed by atoms with E-state index in [0.717, 1.165) is 24.5 Å². The zero-order chi connectivity index (χ0) is 20.8. The predicted molar refractivity (Wildman–Crippen MR) is 113 cm³/mol. The maximum absolute atomic E-state index is 12.8. The van der Waals surface area contributed by atoms with E-state index in [2.05, 4.69) is 20.5 Å². The number of nitrogens with zero attached hydrogens (tertiary/aromatic N) is 2. The Balaban J connectivity index is 1.64. The number of carbonyl (C=O) groups excluding carboxylic acids is 2. The van der Waals surface area contributed by atoms with Gasteiger partial charge in [0.2, 0.25) is 5.91 Å². The second-order valence-electron chi connectivity index (χ2n) is 7.56. The van der Waals surface area contributed by atoms with E-state index in [9.17, 15) is 9.59 Å². The van der Waals surface area contributed by atoms with Crippen molar-refractivity contribution >= 4 is 23.3 Å². The lowest BCUT2D eigenvalue weighted by Gasteiger charge is -2.27. The zero-order valence-corrected chi connectivity index (χ0v) is 17.1. The monoisotopic (exact) mass is 396 g/mol. The van der Waals surface area contributed by atoms with Gasteiger partial charge in [-0.15, -0.1) is 0 Å². The van der Waals surface area contributed by atoms with Crippen LogP contribution in [0.4, 0.5) is 11.5 Å². The summed E-state index contributed by atoms with van der Waals surface area (Å²) in [4.78, 5) is 32.0. The molecular formula is C22H28N4O3. The van der Waals surface area contributed by atoms with Crippen molar-refractivity contribution in [2.75, 3.05) is 36.5 Å². The third kappa shape index (κ3) is 5.54. The number of anilines is 2. The van der Waals surface area contributed by atoms with Crippen molar-refractivity contribution < 1.29 is 14.3 Å². The van der Waals surface area contributed by atoms with Crippen molar-refractivity contribution in [2.45, 2.75) is 26.8 Å². The van der Waals surface area contributed by atoms with Crippen molar-refractivity contribution in [3.63, 3.8) is 0 Å². The number of morpholine rings is 1. The molecule has 7 nitrogen and oxygen atoms in total. The highest BCUT2D eigenvalue weighted by Gasteiger charge is 2.25. The van der Waals surface area contributed by atoms with Crippen LogP contribution in [0.1, 0.15) is 29.8 Å². The van der Waals surface area contributed by atoms with Crippen LogP contribution in [0.15, 0.2) is 42.6 Å². The molecule has 29 heavy (non-hydrogen) atoms. The molecule has 154 valence electrons. The molecule has 0 unspecified atom stereocenters. The molecular weight excluding hydrogens is 368 g/mol. The average molecular weight is 396 g/mol. The van der Waals surface area contributed by atoms with Crippen LogP contribution in [0, 0.1) is 12.8 Å². The van der Waals surface area contributed by atoms with E-state index in [-0.39, 0.29) is 17.7 Å². The Kier molecular flexibility index (Phi) is 6.82. The number of nitrogens with one attached hydrogen (secondary N) is 2. The molecule has 1 aliphatic heterocycles. The van der Waals surface area contributed by atoms with Crippen LogP contribution in [-0.4, -0.2) is 49.1 Å². The summed E-state index contributed by atoms with van der Waals surface area (Å²) in [5, 5.41) is 5.71. The van der Waals surface area contributed by atoms with E-state index in [1.165, 1.54) is 0 Å². The summed E-state index contributed by atoms with van der Waals surface area (Å²) < 4.78 is 5.36. The Morgan fingerprint density at radius 1 is 1.14 bits per heavy atom. The van der Waals surface area contributed by atoms with Crippen molar-refractivity contribution in [3.8, 4) is 0 Å². The Morgan fingerprint density at radius 3 is 2.52 bits per heavy atom. The van der Waals surface area contributed by atoms with Gasteiger partial charge in [0.15, 0.2) is 0 Å². The highest BCUT2D eigenvalue weighted by molar-refractivity contribution is 6.01. The van der Waals surface area contributed by atoms with E-state index in [1.807, 2.05) is 45.0 Å². The van der Waals surface area contributed by atoms with Crippen molar-refractivity contribution in [2.24, 2.45) is 5.92 Å². The lowest BCUT2D eigenvalue weighted by molar-refractivity contribution is -0.118. The summed E-state index contributed by atoms with van der Waals surface area (Å²) in [6, 6.07) is 10.4. The number of ether oxygens (including phenoxy) is 1. The first kappa shape index (κ1) is 20.8. The Bertz CT molecular complexity index is 845. The van der Waals surface area contributed by atoms with Gasteiger partial charge in [-0.1, -0.05) is 31.5 Å². The quantitative estimate of drug-likeness (QED) is 0.784. The Labute approximate surface area is 171 Å². The summed E-state index contributed by atoms with van der Waals surface area (Å²) >= 11 is 0. The van der Waals surface area contributed by atoms with E-state index in [1.54, 1.807) is 18.3 Å². The SMILES string of the molecule is Cc1cccc(C(=O)N[C@H](C(=O)Nc2ccc(N3CCOCC3)nc2)C(C)C)c1. The van der Waals surface area contributed by atoms with Gasteiger partial charge >= 0.3 is 0 Å². The molecule has 1 aromatic heterocycles. The summed E-state index contributed by atoms with van der Waals surface area (Å²) in [6.45, 7) is 8.73.